The summed E-state index contributed by atoms with van der Waals surface area (Å²) in [4.78, 5) is 4.43. The normalized spacial score (nSPS) is 10.9. The van der Waals surface area contributed by atoms with E-state index in [0.29, 0.717) is 18.5 Å². The van der Waals surface area contributed by atoms with Gasteiger partial charge in [0.25, 0.3) is 0 Å². The van der Waals surface area contributed by atoms with Crippen LogP contribution >= 0.6 is 15.9 Å². The molecule has 3 nitrogen and oxygen atoms in total. The minimum absolute atomic E-state index is 0.464. The number of rotatable bonds is 6. The van der Waals surface area contributed by atoms with Crippen molar-refractivity contribution >= 4 is 15.9 Å². The van der Waals surface area contributed by atoms with E-state index >= 15 is 0 Å². The second kappa shape index (κ2) is 7.57. The van der Waals surface area contributed by atoms with Crippen molar-refractivity contribution in [3.05, 3.63) is 57.7 Å². The zero-order valence-electron chi connectivity index (χ0n) is 12.7. The molecule has 1 heterocycles. The highest BCUT2D eigenvalue weighted by Crippen LogP contribution is 2.16. The van der Waals surface area contributed by atoms with Crippen molar-refractivity contribution in [1.82, 2.24) is 10.3 Å². The maximum Gasteiger partial charge on any atom is 0.214 e. The fourth-order valence-electron chi connectivity index (χ4n) is 1.94. The van der Waals surface area contributed by atoms with Crippen molar-refractivity contribution in [2.45, 2.75) is 40.0 Å². The highest BCUT2D eigenvalue weighted by molar-refractivity contribution is 9.10. The lowest BCUT2D eigenvalue weighted by atomic mass is 10.2. The van der Waals surface area contributed by atoms with Crippen LogP contribution in [0.3, 0.4) is 0 Å². The molecule has 0 amide bonds. The molecule has 0 bridgehead atoms. The number of aryl methyl sites for hydroxylation is 1. The second-order valence-corrected chi connectivity index (χ2v) is 6.32. The first-order valence-corrected chi connectivity index (χ1v) is 7.90. The lowest BCUT2D eigenvalue weighted by Gasteiger charge is -2.11. The molecule has 112 valence electrons. The van der Waals surface area contributed by atoms with E-state index in [1.807, 2.05) is 37.3 Å². The Bertz CT molecular complexity index is 582. The molecule has 0 aliphatic carbocycles. The third-order valence-corrected chi connectivity index (χ3v) is 3.53. The number of nitrogens with one attached hydrogen (secondary N) is 1. The number of benzene rings is 1. The van der Waals surface area contributed by atoms with Crippen LogP contribution in [0.25, 0.3) is 0 Å². The van der Waals surface area contributed by atoms with E-state index in [-0.39, 0.29) is 0 Å². The van der Waals surface area contributed by atoms with Crippen LogP contribution in [-0.2, 0) is 13.2 Å². The fourth-order valence-corrected chi connectivity index (χ4v) is 2.21. The van der Waals surface area contributed by atoms with Crippen molar-refractivity contribution < 1.29 is 4.74 Å². The quantitative estimate of drug-likeness (QED) is 0.848. The second-order valence-electron chi connectivity index (χ2n) is 5.41. The van der Waals surface area contributed by atoms with Crippen molar-refractivity contribution in [2.75, 3.05) is 0 Å². The molecular weight excluding hydrogens is 328 g/mol. The van der Waals surface area contributed by atoms with E-state index < -0.39 is 0 Å². The van der Waals surface area contributed by atoms with Crippen molar-refractivity contribution in [3.8, 4) is 5.88 Å². The van der Waals surface area contributed by atoms with Crippen molar-refractivity contribution in [2.24, 2.45) is 0 Å². The maximum absolute atomic E-state index is 5.81. The summed E-state index contributed by atoms with van der Waals surface area (Å²) in [7, 11) is 0. The third-order valence-electron chi connectivity index (χ3n) is 3.00. The highest BCUT2D eigenvalue weighted by Gasteiger charge is 2.03. The van der Waals surface area contributed by atoms with Crippen LogP contribution in [0.2, 0.25) is 0 Å². The molecule has 0 saturated heterocycles. The summed E-state index contributed by atoms with van der Waals surface area (Å²) in [6.45, 7) is 7.62. The first-order chi connectivity index (χ1) is 10.0. The molecule has 2 aromatic rings. The van der Waals surface area contributed by atoms with E-state index in [4.69, 9.17) is 4.74 Å². The van der Waals surface area contributed by atoms with E-state index in [9.17, 15) is 0 Å². The standard InChI is InChI=1S/C17H21BrN2O/c1-12(2)19-10-15-8-13(3)20-17(9-15)21-11-14-4-6-16(18)7-5-14/h4-9,12,19H,10-11H2,1-3H3. The van der Waals surface area contributed by atoms with Gasteiger partial charge in [-0.25, -0.2) is 4.98 Å². The Hall–Kier alpha value is -1.39. The molecule has 0 aliphatic heterocycles. The molecule has 0 saturated carbocycles. The summed E-state index contributed by atoms with van der Waals surface area (Å²) in [5.41, 5.74) is 3.30. The summed E-state index contributed by atoms with van der Waals surface area (Å²) in [6, 6.07) is 12.7. The number of ether oxygens (including phenoxy) is 1. The average Bonchev–Trinajstić information content (AvgIpc) is 2.44. The molecule has 0 aliphatic rings. The predicted octanol–water partition coefficient (Wildman–Crippen LogP) is 4.23. The Labute approximate surface area is 134 Å². The number of pyridine rings is 1. The minimum Gasteiger partial charge on any atom is -0.473 e. The molecule has 0 spiro atoms. The Balaban J connectivity index is 2.00. The van der Waals surface area contributed by atoms with Crippen molar-refractivity contribution in [3.63, 3.8) is 0 Å². The molecule has 0 fully saturated rings. The van der Waals surface area contributed by atoms with Gasteiger partial charge < -0.3 is 10.1 Å². The van der Waals surface area contributed by atoms with Gasteiger partial charge in [-0.15, -0.1) is 0 Å². The van der Waals surface area contributed by atoms with E-state index in [0.717, 1.165) is 22.3 Å². The van der Waals surface area contributed by atoms with Gasteiger partial charge in [0, 0.05) is 28.8 Å². The van der Waals surface area contributed by atoms with Crippen LogP contribution in [0, 0.1) is 6.92 Å². The molecule has 0 radical (unpaired) electrons. The lowest BCUT2D eigenvalue weighted by molar-refractivity contribution is 0.293. The SMILES string of the molecule is Cc1cc(CNC(C)C)cc(OCc2ccc(Br)cc2)n1. The number of nitrogens with zero attached hydrogens (tertiary/aromatic N) is 1. The van der Waals surface area contributed by atoms with E-state index in [1.54, 1.807) is 0 Å². The maximum atomic E-state index is 5.81. The van der Waals surface area contributed by atoms with Gasteiger partial charge in [0.2, 0.25) is 5.88 Å². The topological polar surface area (TPSA) is 34.1 Å². The predicted molar refractivity (Wildman–Crippen MR) is 89.4 cm³/mol. The third kappa shape index (κ3) is 5.48. The smallest absolute Gasteiger partial charge is 0.214 e. The molecule has 0 atom stereocenters. The zero-order chi connectivity index (χ0) is 15.2. The summed E-state index contributed by atoms with van der Waals surface area (Å²) < 4.78 is 6.88. The number of aromatic nitrogens is 1. The van der Waals surface area contributed by atoms with Crippen LogP contribution in [0.1, 0.15) is 30.7 Å². The molecule has 2 rings (SSSR count). The van der Waals surface area contributed by atoms with Gasteiger partial charge in [0.15, 0.2) is 0 Å². The fraction of sp³-hybridized carbons (Fsp3) is 0.353. The van der Waals surface area contributed by atoms with Gasteiger partial charge in [-0.1, -0.05) is 41.9 Å². The van der Waals surface area contributed by atoms with Crippen LogP contribution in [0.15, 0.2) is 40.9 Å². The lowest BCUT2D eigenvalue weighted by Crippen LogP contribution is -2.21. The van der Waals surface area contributed by atoms with Crippen LogP contribution in [-0.4, -0.2) is 11.0 Å². The van der Waals surface area contributed by atoms with Gasteiger partial charge in [0.05, 0.1) is 0 Å². The van der Waals surface area contributed by atoms with Gasteiger partial charge in [-0.2, -0.15) is 0 Å². The van der Waals surface area contributed by atoms with Crippen LogP contribution in [0.4, 0.5) is 0 Å². The molecule has 4 heteroatoms. The number of halogens is 1. The Morgan fingerprint density at radius 2 is 1.86 bits per heavy atom. The molecule has 1 aromatic carbocycles. The van der Waals surface area contributed by atoms with Gasteiger partial charge in [-0.05, 0) is 36.2 Å². The average molecular weight is 349 g/mol. The number of hydrogen-bond donors (Lipinski definition) is 1. The first kappa shape index (κ1) is 16.0. The molecule has 0 unspecified atom stereocenters. The largest absolute Gasteiger partial charge is 0.473 e. The molecular formula is C17H21BrN2O. The summed E-state index contributed by atoms with van der Waals surface area (Å²) in [5.74, 6) is 0.679. The van der Waals surface area contributed by atoms with E-state index in [1.165, 1.54) is 5.56 Å². The van der Waals surface area contributed by atoms with Crippen LogP contribution in [0.5, 0.6) is 5.88 Å². The minimum atomic E-state index is 0.464. The summed E-state index contributed by atoms with van der Waals surface area (Å²) in [6.07, 6.45) is 0. The Morgan fingerprint density at radius 1 is 1.14 bits per heavy atom. The molecule has 1 N–H and O–H groups in total. The Morgan fingerprint density at radius 3 is 2.52 bits per heavy atom. The van der Waals surface area contributed by atoms with Crippen molar-refractivity contribution in [1.29, 1.82) is 0 Å². The van der Waals surface area contributed by atoms with Crippen LogP contribution < -0.4 is 10.1 Å². The number of hydrogen-bond acceptors (Lipinski definition) is 3. The molecule has 21 heavy (non-hydrogen) atoms. The monoisotopic (exact) mass is 348 g/mol. The zero-order valence-corrected chi connectivity index (χ0v) is 14.3. The van der Waals surface area contributed by atoms with Gasteiger partial charge in [-0.3, -0.25) is 0 Å². The summed E-state index contributed by atoms with van der Waals surface area (Å²) >= 11 is 3.43. The Kier molecular flexibility index (Phi) is 5.76. The summed E-state index contributed by atoms with van der Waals surface area (Å²) in [5, 5.41) is 3.41. The van der Waals surface area contributed by atoms with Gasteiger partial charge in [0.1, 0.15) is 6.61 Å². The molecule has 1 aromatic heterocycles. The van der Waals surface area contributed by atoms with E-state index in [2.05, 4.69) is 46.1 Å². The first-order valence-electron chi connectivity index (χ1n) is 7.11. The van der Waals surface area contributed by atoms with Gasteiger partial charge >= 0.3 is 0 Å². The highest BCUT2D eigenvalue weighted by atomic mass is 79.9.